The van der Waals surface area contributed by atoms with Gasteiger partial charge in [0.2, 0.25) is 0 Å². The molecule has 0 radical (unpaired) electrons. The van der Waals surface area contributed by atoms with Crippen molar-refractivity contribution in [2.45, 2.75) is 19.3 Å². The van der Waals surface area contributed by atoms with Gasteiger partial charge in [-0.3, -0.25) is 4.79 Å². The maximum atomic E-state index is 11.6. The third kappa shape index (κ3) is 5.73. The molecular formula is C21H28N4O4. The van der Waals surface area contributed by atoms with Crippen molar-refractivity contribution in [1.82, 2.24) is 15.6 Å². The Labute approximate surface area is 170 Å². The zero-order valence-corrected chi connectivity index (χ0v) is 16.9. The average Bonchev–Trinajstić information content (AvgIpc) is 2.77. The van der Waals surface area contributed by atoms with E-state index in [-0.39, 0.29) is 12.5 Å². The molecule has 0 bridgehead atoms. The summed E-state index contributed by atoms with van der Waals surface area (Å²) in [4.78, 5) is 29.5. The Hall–Kier alpha value is -3.03. The van der Waals surface area contributed by atoms with Gasteiger partial charge < -0.3 is 25.0 Å². The van der Waals surface area contributed by atoms with E-state index in [2.05, 4.69) is 26.6 Å². The maximum absolute atomic E-state index is 11.6. The minimum absolute atomic E-state index is 0.259. The van der Waals surface area contributed by atoms with Crippen LogP contribution in [0.5, 0.6) is 5.75 Å². The molecule has 0 unspecified atom stereocenters. The summed E-state index contributed by atoms with van der Waals surface area (Å²) in [6, 6.07) is 8.10. The Bertz CT molecular complexity index is 850. The molecule has 0 aliphatic carbocycles. The van der Waals surface area contributed by atoms with E-state index in [9.17, 15) is 9.59 Å². The van der Waals surface area contributed by atoms with Crippen molar-refractivity contribution in [1.29, 1.82) is 0 Å². The Balaban J connectivity index is 1.44. The number of alkyl carbamates (subject to hydrolysis) is 1. The highest BCUT2D eigenvalue weighted by atomic mass is 16.6. The van der Waals surface area contributed by atoms with Crippen molar-refractivity contribution < 1.29 is 19.1 Å². The fraction of sp³-hybridized carbons (Fsp3) is 0.476. The first-order chi connectivity index (χ1) is 14.1. The Morgan fingerprint density at radius 1 is 1.21 bits per heavy atom. The Morgan fingerprint density at radius 2 is 2.00 bits per heavy atom. The van der Waals surface area contributed by atoms with Gasteiger partial charge >= 0.3 is 6.09 Å². The zero-order valence-electron chi connectivity index (χ0n) is 16.9. The number of anilines is 1. The summed E-state index contributed by atoms with van der Waals surface area (Å²) in [5.41, 5.74) is 0. The molecule has 0 atom stereocenters. The number of nitrogens with one attached hydrogen (secondary N) is 2. The second-order valence-electron chi connectivity index (χ2n) is 7.15. The van der Waals surface area contributed by atoms with Crippen LogP contribution in [-0.4, -0.2) is 57.4 Å². The zero-order chi connectivity index (χ0) is 20.6. The largest absolute Gasteiger partial charge is 0.497 e. The number of carbonyl (C=O) groups is 2. The Morgan fingerprint density at radius 3 is 2.72 bits per heavy atom. The number of methoxy groups -OCH3 is 1. The van der Waals surface area contributed by atoms with Crippen molar-refractivity contribution in [3.05, 3.63) is 30.5 Å². The number of aromatic nitrogens is 1. The van der Waals surface area contributed by atoms with Crippen LogP contribution in [0.15, 0.2) is 30.5 Å². The lowest BCUT2D eigenvalue weighted by atomic mass is 9.93. The summed E-state index contributed by atoms with van der Waals surface area (Å²) < 4.78 is 10.1. The summed E-state index contributed by atoms with van der Waals surface area (Å²) in [7, 11) is 3.17. The lowest BCUT2D eigenvalue weighted by Gasteiger charge is -2.33. The van der Waals surface area contributed by atoms with Gasteiger partial charge in [0.25, 0.3) is 5.91 Å². The van der Waals surface area contributed by atoms with Crippen LogP contribution in [-0.2, 0) is 9.53 Å². The van der Waals surface area contributed by atoms with E-state index in [0.717, 1.165) is 54.7 Å². The number of likely N-dealkylation sites (N-methyl/N-ethyl adjacent to an activating group) is 1. The van der Waals surface area contributed by atoms with Gasteiger partial charge in [-0.1, -0.05) is 0 Å². The molecule has 8 nitrogen and oxygen atoms in total. The molecule has 1 fully saturated rings. The van der Waals surface area contributed by atoms with Gasteiger partial charge in [-0.25, -0.2) is 9.78 Å². The highest BCUT2D eigenvalue weighted by Crippen LogP contribution is 2.27. The SMILES string of the molecule is CNC(=O)COC(=O)NCCC1CCN(c2cc3cc(OC)ccc3cn2)CC1. The molecule has 3 rings (SSSR count). The first kappa shape index (κ1) is 20.7. The maximum Gasteiger partial charge on any atom is 0.407 e. The molecule has 2 amide bonds. The van der Waals surface area contributed by atoms with Crippen molar-refractivity contribution in [2.24, 2.45) is 5.92 Å². The number of pyridine rings is 1. The van der Waals surface area contributed by atoms with E-state index in [1.54, 1.807) is 7.11 Å². The minimum Gasteiger partial charge on any atom is -0.497 e. The van der Waals surface area contributed by atoms with Crippen LogP contribution in [0, 0.1) is 5.92 Å². The van der Waals surface area contributed by atoms with Gasteiger partial charge in [0, 0.05) is 38.3 Å². The second-order valence-corrected chi connectivity index (χ2v) is 7.15. The lowest BCUT2D eigenvalue weighted by molar-refractivity contribution is -0.123. The number of rotatable bonds is 7. The average molecular weight is 400 g/mol. The van der Waals surface area contributed by atoms with E-state index in [4.69, 9.17) is 9.47 Å². The van der Waals surface area contributed by atoms with Gasteiger partial charge in [0.15, 0.2) is 6.61 Å². The highest BCUT2D eigenvalue weighted by Gasteiger charge is 2.20. The van der Waals surface area contributed by atoms with Crippen LogP contribution < -0.4 is 20.3 Å². The number of hydrogen-bond donors (Lipinski definition) is 2. The van der Waals surface area contributed by atoms with Crippen molar-refractivity contribution >= 4 is 28.6 Å². The molecule has 0 saturated carbocycles. The molecule has 0 spiro atoms. The number of amides is 2. The summed E-state index contributed by atoms with van der Waals surface area (Å²) >= 11 is 0. The highest BCUT2D eigenvalue weighted by molar-refractivity contribution is 5.85. The molecule has 1 aliphatic rings. The predicted molar refractivity (Wildman–Crippen MR) is 111 cm³/mol. The van der Waals surface area contributed by atoms with Crippen LogP contribution in [0.4, 0.5) is 10.6 Å². The number of nitrogens with zero attached hydrogens (tertiary/aromatic N) is 2. The van der Waals surface area contributed by atoms with E-state index in [0.29, 0.717) is 12.5 Å². The molecule has 156 valence electrons. The molecule has 8 heteroatoms. The molecular weight excluding hydrogens is 372 g/mol. The van der Waals surface area contributed by atoms with Crippen molar-refractivity contribution in [3.8, 4) is 5.75 Å². The van der Waals surface area contributed by atoms with Crippen LogP contribution in [0.3, 0.4) is 0 Å². The van der Waals surface area contributed by atoms with Crippen molar-refractivity contribution in [2.75, 3.05) is 45.3 Å². The molecule has 1 aromatic carbocycles. The number of piperidine rings is 1. The molecule has 1 aromatic heterocycles. The molecule has 2 aromatic rings. The van der Waals surface area contributed by atoms with Crippen LogP contribution in [0.2, 0.25) is 0 Å². The fourth-order valence-corrected chi connectivity index (χ4v) is 3.49. The van der Waals surface area contributed by atoms with Gasteiger partial charge in [-0.15, -0.1) is 0 Å². The number of ether oxygens (including phenoxy) is 2. The third-order valence-corrected chi connectivity index (χ3v) is 5.29. The summed E-state index contributed by atoms with van der Waals surface area (Å²) in [5, 5.41) is 7.32. The van der Waals surface area contributed by atoms with Gasteiger partial charge in [0.1, 0.15) is 11.6 Å². The molecule has 1 aliphatic heterocycles. The third-order valence-electron chi connectivity index (χ3n) is 5.29. The Kier molecular flexibility index (Phi) is 7.10. The number of benzene rings is 1. The van der Waals surface area contributed by atoms with E-state index < -0.39 is 6.09 Å². The summed E-state index contributed by atoms with van der Waals surface area (Å²) in [6.07, 6.45) is 4.34. The molecule has 1 saturated heterocycles. The van der Waals surface area contributed by atoms with Crippen LogP contribution in [0.25, 0.3) is 10.8 Å². The summed E-state index contributed by atoms with van der Waals surface area (Å²) in [5.74, 6) is 2.05. The van der Waals surface area contributed by atoms with E-state index in [1.165, 1.54) is 7.05 Å². The van der Waals surface area contributed by atoms with Gasteiger partial charge in [0.05, 0.1) is 7.11 Å². The fourth-order valence-electron chi connectivity index (χ4n) is 3.49. The van der Waals surface area contributed by atoms with Crippen molar-refractivity contribution in [3.63, 3.8) is 0 Å². The topological polar surface area (TPSA) is 92.8 Å². The normalized spacial score (nSPS) is 14.5. The van der Waals surface area contributed by atoms with Gasteiger partial charge in [-0.05, 0) is 54.8 Å². The molecule has 29 heavy (non-hydrogen) atoms. The predicted octanol–water partition coefficient (Wildman–Crippen LogP) is 2.32. The second kappa shape index (κ2) is 9.95. The molecule has 2 N–H and O–H groups in total. The number of hydrogen-bond acceptors (Lipinski definition) is 6. The van der Waals surface area contributed by atoms with Crippen LogP contribution >= 0.6 is 0 Å². The number of fused-ring (bicyclic) bond motifs is 1. The quantitative estimate of drug-likeness (QED) is 0.741. The smallest absolute Gasteiger partial charge is 0.407 e. The van der Waals surface area contributed by atoms with E-state index in [1.807, 2.05) is 24.4 Å². The van der Waals surface area contributed by atoms with Gasteiger partial charge in [-0.2, -0.15) is 0 Å². The lowest BCUT2D eigenvalue weighted by Crippen LogP contribution is -2.36. The minimum atomic E-state index is -0.554. The van der Waals surface area contributed by atoms with E-state index >= 15 is 0 Å². The van der Waals surface area contributed by atoms with Crippen LogP contribution in [0.1, 0.15) is 19.3 Å². The first-order valence-corrected chi connectivity index (χ1v) is 9.89. The number of carbonyl (C=O) groups excluding carboxylic acids is 2. The summed E-state index contributed by atoms with van der Waals surface area (Å²) in [6.45, 7) is 2.17. The first-order valence-electron chi connectivity index (χ1n) is 9.89. The monoisotopic (exact) mass is 400 g/mol. The molecule has 2 heterocycles. The standard InChI is InChI=1S/C21H28N4O4/c1-22-20(26)14-29-21(27)23-8-5-15-6-9-25(10-7-15)19-12-17-11-18(28-2)4-3-16(17)13-24-19/h3-4,11-13,15H,5-10,14H2,1-2H3,(H,22,26)(H,23,27).